The number of hydrogen-bond donors (Lipinski definition) is 2. The van der Waals surface area contributed by atoms with Crippen molar-refractivity contribution in [3.8, 4) is 0 Å². The number of aliphatic hydroxyl groups excluding tert-OH is 1. The minimum Gasteiger partial charge on any atom is -0.461 e. The molecule has 7 atom stereocenters. The topological polar surface area (TPSA) is 112 Å². The maximum atomic E-state index is 12.6. The van der Waals surface area contributed by atoms with Crippen LogP contribution in [0.3, 0.4) is 0 Å². The molecule has 0 aromatic heterocycles. The smallest absolute Gasteiger partial charge is 0.334 e. The van der Waals surface area contributed by atoms with E-state index in [9.17, 15) is 19.8 Å². The van der Waals surface area contributed by atoms with E-state index in [1.807, 2.05) is 6.92 Å². The van der Waals surface area contributed by atoms with Gasteiger partial charge in [-0.1, -0.05) is 20.4 Å². The molecule has 0 saturated carbocycles. The summed E-state index contributed by atoms with van der Waals surface area (Å²) in [6, 6.07) is 0. The number of ether oxygens (including phenoxy) is 4. The van der Waals surface area contributed by atoms with Crippen molar-refractivity contribution in [3.63, 3.8) is 0 Å². The number of carbonyl (C=O) groups is 2. The Balaban J connectivity index is 2.08. The molecule has 0 aliphatic carbocycles. The molecule has 0 spiro atoms. The highest BCUT2D eigenvalue weighted by atomic mass is 16.7. The van der Waals surface area contributed by atoms with Gasteiger partial charge in [0.15, 0.2) is 5.79 Å². The SMILES string of the molecule is C=C1C(=O)O[C@@H]2/C=C(/CO)[C@@]3(O)C[C@H](OC)[C@@](C)(C[C@@H](OC(=O)[C@H](C)CC)[C@@H]12)O3. The van der Waals surface area contributed by atoms with Gasteiger partial charge in [0.25, 0.3) is 0 Å². The van der Waals surface area contributed by atoms with Crippen molar-refractivity contribution in [2.24, 2.45) is 11.8 Å². The fraction of sp³-hybridized carbons (Fsp3) is 0.714. The van der Waals surface area contributed by atoms with Crippen LogP contribution in [-0.2, 0) is 28.5 Å². The molecular weight excluding hydrogens is 380 g/mol. The van der Waals surface area contributed by atoms with Gasteiger partial charge in [-0.15, -0.1) is 0 Å². The van der Waals surface area contributed by atoms with Crippen molar-refractivity contribution in [1.82, 2.24) is 0 Å². The summed E-state index contributed by atoms with van der Waals surface area (Å²) < 4.78 is 22.9. The summed E-state index contributed by atoms with van der Waals surface area (Å²) in [4.78, 5) is 24.8. The molecule has 0 aromatic rings. The van der Waals surface area contributed by atoms with Crippen LogP contribution in [0.2, 0.25) is 0 Å². The van der Waals surface area contributed by atoms with Crippen LogP contribution >= 0.6 is 0 Å². The minimum atomic E-state index is -1.78. The molecule has 162 valence electrons. The Labute approximate surface area is 170 Å². The quantitative estimate of drug-likeness (QED) is 0.396. The van der Waals surface area contributed by atoms with Gasteiger partial charge < -0.3 is 29.2 Å². The monoisotopic (exact) mass is 410 g/mol. The molecule has 2 saturated heterocycles. The Bertz CT molecular complexity index is 730. The third-order valence-corrected chi connectivity index (χ3v) is 6.42. The molecule has 3 aliphatic heterocycles. The van der Waals surface area contributed by atoms with Crippen molar-refractivity contribution in [3.05, 3.63) is 23.8 Å². The van der Waals surface area contributed by atoms with Crippen molar-refractivity contribution in [2.45, 2.75) is 69.7 Å². The van der Waals surface area contributed by atoms with E-state index < -0.39 is 48.2 Å². The molecule has 0 amide bonds. The van der Waals surface area contributed by atoms with E-state index in [1.54, 1.807) is 13.8 Å². The highest BCUT2D eigenvalue weighted by Crippen LogP contribution is 2.48. The average Bonchev–Trinajstić information content (AvgIpc) is 3.11. The summed E-state index contributed by atoms with van der Waals surface area (Å²) >= 11 is 0. The predicted molar refractivity (Wildman–Crippen MR) is 101 cm³/mol. The van der Waals surface area contributed by atoms with Gasteiger partial charge in [0, 0.05) is 31.1 Å². The van der Waals surface area contributed by atoms with Crippen LogP contribution < -0.4 is 0 Å². The van der Waals surface area contributed by atoms with Crippen molar-refractivity contribution in [2.75, 3.05) is 13.7 Å². The Kier molecular flexibility index (Phi) is 5.93. The fourth-order valence-electron chi connectivity index (χ4n) is 4.42. The van der Waals surface area contributed by atoms with Crippen LogP contribution in [0.4, 0.5) is 0 Å². The zero-order valence-electron chi connectivity index (χ0n) is 17.3. The number of methoxy groups -OCH3 is 1. The van der Waals surface area contributed by atoms with E-state index in [0.29, 0.717) is 6.42 Å². The second-order valence-electron chi connectivity index (χ2n) is 8.39. The summed E-state index contributed by atoms with van der Waals surface area (Å²) in [5.41, 5.74) is -0.665. The minimum absolute atomic E-state index is 0.0880. The lowest BCUT2D eigenvalue weighted by Crippen LogP contribution is -2.45. The number of hydrogen-bond acceptors (Lipinski definition) is 8. The summed E-state index contributed by atoms with van der Waals surface area (Å²) in [6.45, 7) is 8.77. The van der Waals surface area contributed by atoms with Gasteiger partial charge in [0.05, 0.1) is 30.1 Å². The van der Waals surface area contributed by atoms with Crippen LogP contribution in [0, 0.1) is 11.8 Å². The number of aliphatic hydroxyl groups is 2. The molecule has 2 fully saturated rings. The van der Waals surface area contributed by atoms with E-state index in [-0.39, 0.29) is 35.9 Å². The lowest BCUT2D eigenvalue weighted by Gasteiger charge is -2.35. The molecule has 0 radical (unpaired) electrons. The Morgan fingerprint density at radius 2 is 2.14 bits per heavy atom. The number of esters is 2. The predicted octanol–water partition coefficient (Wildman–Crippen LogP) is 1.25. The first-order valence-corrected chi connectivity index (χ1v) is 9.96. The van der Waals surface area contributed by atoms with Gasteiger partial charge in [-0.05, 0) is 19.4 Å². The number of rotatable bonds is 5. The zero-order chi connectivity index (χ0) is 21.6. The number of carbonyl (C=O) groups excluding carboxylic acids is 2. The Morgan fingerprint density at radius 3 is 2.72 bits per heavy atom. The first kappa shape index (κ1) is 22.0. The van der Waals surface area contributed by atoms with Crippen LogP contribution in [0.5, 0.6) is 0 Å². The molecule has 0 aromatic carbocycles. The molecular formula is C21H30O8. The summed E-state index contributed by atoms with van der Waals surface area (Å²) in [5, 5.41) is 21.0. The average molecular weight is 410 g/mol. The number of fused-ring (bicyclic) bond motifs is 3. The van der Waals surface area contributed by atoms with Gasteiger partial charge in [-0.2, -0.15) is 0 Å². The van der Waals surface area contributed by atoms with Gasteiger partial charge in [-0.3, -0.25) is 4.79 Å². The summed E-state index contributed by atoms with van der Waals surface area (Å²) in [6.07, 6.45) is 0.218. The summed E-state index contributed by atoms with van der Waals surface area (Å²) in [5.74, 6) is -3.73. The molecule has 3 rings (SSSR count). The molecule has 8 nitrogen and oxygen atoms in total. The highest BCUT2D eigenvalue weighted by Gasteiger charge is 2.59. The first-order valence-electron chi connectivity index (χ1n) is 9.96. The van der Waals surface area contributed by atoms with Crippen LogP contribution in [0.15, 0.2) is 23.8 Å². The van der Waals surface area contributed by atoms with E-state index >= 15 is 0 Å². The Morgan fingerprint density at radius 1 is 1.45 bits per heavy atom. The molecule has 2 N–H and O–H groups in total. The van der Waals surface area contributed by atoms with E-state index in [1.165, 1.54) is 13.2 Å². The van der Waals surface area contributed by atoms with Gasteiger partial charge in [0.2, 0.25) is 0 Å². The zero-order valence-corrected chi connectivity index (χ0v) is 17.3. The van der Waals surface area contributed by atoms with Crippen LogP contribution in [-0.4, -0.2) is 65.6 Å². The highest BCUT2D eigenvalue weighted by molar-refractivity contribution is 5.91. The van der Waals surface area contributed by atoms with E-state index in [2.05, 4.69) is 6.58 Å². The molecule has 29 heavy (non-hydrogen) atoms. The van der Waals surface area contributed by atoms with Crippen molar-refractivity contribution >= 4 is 11.9 Å². The fourth-order valence-corrected chi connectivity index (χ4v) is 4.42. The van der Waals surface area contributed by atoms with Crippen LogP contribution in [0.1, 0.15) is 40.0 Å². The second kappa shape index (κ2) is 7.83. The molecule has 0 unspecified atom stereocenters. The van der Waals surface area contributed by atoms with Crippen LogP contribution in [0.25, 0.3) is 0 Å². The van der Waals surface area contributed by atoms with E-state index in [0.717, 1.165) is 0 Å². The normalized spacial score (nSPS) is 42.1. The van der Waals surface area contributed by atoms with Crippen molar-refractivity contribution in [1.29, 1.82) is 0 Å². The third-order valence-electron chi connectivity index (χ3n) is 6.42. The third kappa shape index (κ3) is 3.74. The van der Waals surface area contributed by atoms with Gasteiger partial charge in [-0.25, -0.2) is 4.79 Å². The largest absolute Gasteiger partial charge is 0.461 e. The van der Waals surface area contributed by atoms with E-state index in [4.69, 9.17) is 18.9 Å². The second-order valence-corrected chi connectivity index (χ2v) is 8.39. The summed E-state index contributed by atoms with van der Waals surface area (Å²) in [7, 11) is 1.51. The maximum absolute atomic E-state index is 12.6. The molecule has 8 heteroatoms. The lowest BCUT2D eigenvalue weighted by atomic mass is 9.80. The van der Waals surface area contributed by atoms with Gasteiger partial charge in [0.1, 0.15) is 12.2 Å². The molecule has 3 heterocycles. The molecule has 2 bridgehead atoms. The lowest BCUT2D eigenvalue weighted by molar-refractivity contribution is -0.212. The Hall–Kier alpha value is -1.74. The first-order chi connectivity index (χ1) is 13.6. The maximum Gasteiger partial charge on any atom is 0.334 e. The standard InChI is InChI=1S/C21H30O8/c1-6-11(2)18(23)28-15-8-20(4)16(26-5)9-21(25,29-20)13(10-22)7-14-17(15)12(3)19(24)27-14/h7,11,14-17,22,25H,3,6,8-10H2,1-2,4-5H3/b13-7-/t11-,14-,15-,16+,17+,20-,21-/m1/s1. The molecule has 3 aliphatic rings. The van der Waals surface area contributed by atoms with Crippen molar-refractivity contribution < 1.29 is 38.7 Å². The van der Waals surface area contributed by atoms with Gasteiger partial charge >= 0.3 is 11.9 Å².